The van der Waals surface area contributed by atoms with Crippen LogP contribution in [0, 0.1) is 19.8 Å². The van der Waals surface area contributed by atoms with Gasteiger partial charge in [-0.15, -0.1) is 11.3 Å². The van der Waals surface area contributed by atoms with Crippen LogP contribution in [0.15, 0.2) is 6.20 Å². The van der Waals surface area contributed by atoms with Gasteiger partial charge in [-0.2, -0.15) is 0 Å². The fraction of sp³-hybridized carbons (Fsp3) is 0.643. The number of thiazole rings is 1. The Morgan fingerprint density at radius 2 is 2.16 bits per heavy atom. The van der Waals surface area contributed by atoms with E-state index in [0.717, 1.165) is 23.8 Å². The first kappa shape index (κ1) is 14.5. The van der Waals surface area contributed by atoms with E-state index in [1.807, 2.05) is 0 Å². The molecule has 19 heavy (non-hydrogen) atoms. The molecule has 0 fully saturated rings. The highest BCUT2D eigenvalue weighted by atomic mass is 32.1. The maximum atomic E-state index is 5.27. The molecule has 0 aromatic carbocycles. The highest BCUT2D eigenvalue weighted by molar-refractivity contribution is 7.17. The van der Waals surface area contributed by atoms with Crippen molar-refractivity contribution in [3.8, 4) is 0 Å². The van der Waals surface area contributed by atoms with Gasteiger partial charge in [-0.25, -0.2) is 4.98 Å². The number of methoxy groups -OCH3 is 1. The van der Waals surface area contributed by atoms with E-state index in [9.17, 15) is 0 Å². The van der Waals surface area contributed by atoms with Crippen LogP contribution in [0.1, 0.15) is 30.1 Å². The summed E-state index contributed by atoms with van der Waals surface area (Å²) in [6.45, 7) is 10.2. The lowest BCUT2D eigenvalue weighted by atomic mass is 10.1. The molecular weight excluding hydrogens is 258 g/mol. The molecule has 5 heteroatoms. The fourth-order valence-corrected chi connectivity index (χ4v) is 3.11. The third-order valence-corrected chi connectivity index (χ3v) is 4.32. The van der Waals surface area contributed by atoms with Crippen LogP contribution in [-0.4, -0.2) is 29.1 Å². The zero-order valence-electron chi connectivity index (χ0n) is 12.4. The van der Waals surface area contributed by atoms with Gasteiger partial charge in [0.1, 0.15) is 0 Å². The molecule has 1 N–H and O–H groups in total. The second-order valence-electron chi connectivity index (χ2n) is 5.33. The number of aryl methyl sites for hydroxylation is 2. The lowest BCUT2D eigenvalue weighted by molar-refractivity contribution is 0.146. The standard InChI is InChI=1S/C14H23N3OS/c1-9(2)12(8-18-5)15-6-13-11(4)16-14-17(13)7-10(3)19-14/h7,9,12,15H,6,8H2,1-5H3. The molecule has 2 aromatic heterocycles. The Balaban J connectivity index is 2.13. The first-order valence-corrected chi connectivity index (χ1v) is 7.51. The third kappa shape index (κ3) is 3.16. The number of hydrogen-bond acceptors (Lipinski definition) is 4. The predicted molar refractivity (Wildman–Crippen MR) is 79.9 cm³/mol. The van der Waals surface area contributed by atoms with Crippen molar-refractivity contribution in [2.45, 2.75) is 40.3 Å². The van der Waals surface area contributed by atoms with E-state index in [-0.39, 0.29) is 0 Å². The third-order valence-electron chi connectivity index (χ3n) is 3.42. The summed E-state index contributed by atoms with van der Waals surface area (Å²) in [5.74, 6) is 0.549. The summed E-state index contributed by atoms with van der Waals surface area (Å²) >= 11 is 1.74. The van der Waals surface area contributed by atoms with Gasteiger partial charge in [0.15, 0.2) is 4.96 Å². The van der Waals surface area contributed by atoms with Crippen LogP contribution in [0.25, 0.3) is 4.96 Å². The molecule has 0 bridgehead atoms. The van der Waals surface area contributed by atoms with Gasteiger partial charge in [0, 0.05) is 30.8 Å². The van der Waals surface area contributed by atoms with Gasteiger partial charge in [0.25, 0.3) is 0 Å². The number of hydrogen-bond donors (Lipinski definition) is 1. The molecular formula is C14H23N3OS. The van der Waals surface area contributed by atoms with Gasteiger partial charge in [-0.05, 0) is 19.8 Å². The molecule has 0 aliphatic carbocycles. The molecule has 2 aromatic rings. The number of aromatic nitrogens is 2. The van der Waals surface area contributed by atoms with Crippen LogP contribution < -0.4 is 5.32 Å². The van der Waals surface area contributed by atoms with Crippen LogP contribution in [0.4, 0.5) is 0 Å². The van der Waals surface area contributed by atoms with E-state index in [0.29, 0.717) is 12.0 Å². The summed E-state index contributed by atoms with van der Waals surface area (Å²) in [5.41, 5.74) is 2.36. The topological polar surface area (TPSA) is 38.6 Å². The van der Waals surface area contributed by atoms with Gasteiger partial charge < -0.3 is 10.1 Å². The molecule has 2 rings (SSSR count). The second kappa shape index (κ2) is 6.03. The Labute approximate surface area is 118 Å². The van der Waals surface area contributed by atoms with Crippen molar-refractivity contribution in [2.24, 2.45) is 5.92 Å². The highest BCUT2D eigenvalue weighted by Gasteiger charge is 2.15. The summed E-state index contributed by atoms with van der Waals surface area (Å²) < 4.78 is 7.48. The molecule has 0 aliphatic rings. The zero-order valence-corrected chi connectivity index (χ0v) is 13.2. The quantitative estimate of drug-likeness (QED) is 0.885. The van der Waals surface area contributed by atoms with E-state index < -0.39 is 0 Å². The Morgan fingerprint density at radius 1 is 1.42 bits per heavy atom. The largest absolute Gasteiger partial charge is 0.383 e. The molecule has 1 unspecified atom stereocenters. The maximum absolute atomic E-state index is 5.27. The van der Waals surface area contributed by atoms with Gasteiger partial charge in [-0.1, -0.05) is 13.8 Å². The Morgan fingerprint density at radius 3 is 2.79 bits per heavy atom. The van der Waals surface area contributed by atoms with Gasteiger partial charge >= 0.3 is 0 Å². The van der Waals surface area contributed by atoms with Crippen LogP contribution in [-0.2, 0) is 11.3 Å². The summed E-state index contributed by atoms with van der Waals surface area (Å²) in [6.07, 6.45) is 2.16. The smallest absolute Gasteiger partial charge is 0.194 e. The molecule has 0 saturated heterocycles. The molecule has 106 valence electrons. The SMILES string of the molecule is COCC(NCc1c(C)nc2sc(C)cn12)C(C)C. The molecule has 0 spiro atoms. The summed E-state index contributed by atoms with van der Waals surface area (Å²) in [7, 11) is 1.75. The molecule has 1 atom stereocenters. The van der Waals surface area contributed by atoms with E-state index in [4.69, 9.17) is 4.74 Å². The van der Waals surface area contributed by atoms with Crippen molar-refractivity contribution >= 4 is 16.3 Å². The van der Waals surface area contributed by atoms with Gasteiger partial charge in [-0.3, -0.25) is 4.40 Å². The molecule has 4 nitrogen and oxygen atoms in total. The second-order valence-corrected chi connectivity index (χ2v) is 6.54. The summed E-state index contributed by atoms with van der Waals surface area (Å²) in [6, 6.07) is 0.370. The maximum Gasteiger partial charge on any atom is 0.194 e. The molecule has 2 heterocycles. The molecule has 0 saturated carbocycles. The van der Waals surface area contributed by atoms with Crippen molar-refractivity contribution in [3.63, 3.8) is 0 Å². The lowest BCUT2D eigenvalue weighted by Crippen LogP contribution is -2.37. The van der Waals surface area contributed by atoms with Gasteiger partial charge in [0.05, 0.1) is 18.0 Å². The number of fused-ring (bicyclic) bond motifs is 1. The highest BCUT2D eigenvalue weighted by Crippen LogP contribution is 2.20. The van der Waals surface area contributed by atoms with E-state index in [1.54, 1.807) is 18.4 Å². The summed E-state index contributed by atoms with van der Waals surface area (Å²) in [5, 5.41) is 3.58. The van der Waals surface area contributed by atoms with Crippen molar-refractivity contribution in [1.82, 2.24) is 14.7 Å². The molecule has 0 aliphatic heterocycles. The predicted octanol–water partition coefficient (Wildman–Crippen LogP) is 2.77. The number of rotatable bonds is 6. The van der Waals surface area contributed by atoms with Gasteiger partial charge in [0.2, 0.25) is 0 Å². The van der Waals surface area contributed by atoms with Crippen LogP contribution in [0.3, 0.4) is 0 Å². The average Bonchev–Trinajstić information content (AvgIpc) is 2.80. The monoisotopic (exact) mass is 281 g/mol. The number of nitrogens with one attached hydrogen (secondary N) is 1. The fourth-order valence-electron chi connectivity index (χ4n) is 2.22. The Kier molecular flexibility index (Phi) is 4.60. The first-order valence-electron chi connectivity index (χ1n) is 6.69. The first-order chi connectivity index (χ1) is 9.02. The lowest BCUT2D eigenvalue weighted by Gasteiger charge is -2.21. The normalized spacial score (nSPS) is 13.6. The minimum Gasteiger partial charge on any atom is -0.383 e. The van der Waals surface area contributed by atoms with Crippen LogP contribution >= 0.6 is 11.3 Å². The number of imidazole rings is 1. The van der Waals surface area contributed by atoms with Crippen LogP contribution in [0.2, 0.25) is 0 Å². The van der Waals surface area contributed by atoms with Crippen molar-refractivity contribution in [2.75, 3.05) is 13.7 Å². The Hall–Kier alpha value is -0.910. The number of nitrogens with zero attached hydrogens (tertiary/aromatic N) is 2. The number of ether oxygens (including phenoxy) is 1. The van der Waals surface area contributed by atoms with Crippen molar-refractivity contribution in [1.29, 1.82) is 0 Å². The van der Waals surface area contributed by atoms with Crippen molar-refractivity contribution < 1.29 is 4.74 Å². The minimum absolute atomic E-state index is 0.370. The molecule has 0 amide bonds. The van der Waals surface area contributed by atoms with Crippen LogP contribution in [0.5, 0.6) is 0 Å². The average molecular weight is 281 g/mol. The summed E-state index contributed by atoms with van der Waals surface area (Å²) in [4.78, 5) is 6.99. The van der Waals surface area contributed by atoms with E-state index >= 15 is 0 Å². The Bertz CT molecular complexity index is 544. The zero-order chi connectivity index (χ0) is 14.0. The van der Waals surface area contributed by atoms with E-state index in [2.05, 4.69) is 48.6 Å². The van der Waals surface area contributed by atoms with Crippen molar-refractivity contribution in [3.05, 3.63) is 22.5 Å². The minimum atomic E-state index is 0.370. The van der Waals surface area contributed by atoms with E-state index in [1.165, 1.54) is 10.6 Å². The molecule has 0 radical (unpaired) electrons.